The van der Waals surface area contributed by atoms with Crippen molar-refractivity contribution < 1.29 is 4.79 Å². The van der Waals surface area contributed by atoms with Gasteiger partial charge in [-0.2, -0.15) is 4.68 Å². The van der Waals surface area contributed by atoms with Crippen LogP contribution >= 0.6 is 0 Å². The number of likely N-dealkylation sites (N-methyl/N-ethyl adjacent to an activating group) is 1. The Bertz CT molecular complexity index is 891. The van der Waals surface area contributed by atoms with Crippen LogP contribution in [-0.2, 0) is 11.2 Å². The summed E-state index contributed by atoms with van der Waals surface area (Å²) in [6.07, 6.45) is 7.06. The van der Waals surface area contributed by atoms with Crippen LogP contribution in [0.15, 0.2) is 48.8 Å². The minimum atomic E-state index is 0.0456. The lowest BCUT2D eigenvalue weighted by atomic mass is 10.0. The lowest BCUT2D eigenvalue weighted by Gasteiger charge is -2.28. The van der Waals surface area contributed by atoms with Gasteiger partial charge in [0.1, 0.15) is 0 Å². The third kappa shape index (κ3) is 4.60. The minimum Gasteiger partial charge on any atom is -0.338 e. The van der Waals surface area contributed by atoms with Crippen LogP contribution in [0.25, 0.3) is 5.69 Å². The molecule has 2 heterocycles. The number of amides is 1. The van der Waals surface area contributed by atoms with Crippen molar-refractivity contribution in [3.8, 4) is 5.69 Å². The van der Waals surface area contributed by atoms with Crippen LogP contribution in [0.4, 0.5) is 0 Å². The second-order valence-electron chi connectivity index (χ2n) is 6.93. The maximum atomic E-state index is 12.9. The van der Waals surface area contributed by atoms with Gasteiger partial charge in [0.2, 0.25) is 5.91 Å². The van der Waals surface area contributed by atoms with Gasteiger partial charge in [-0.05, 0) is 53.1 Å². The quantitative estimate of drug-likeness (QED) is 0.601. The molecule has 0 N–H and O–H groups in total. The molecule has 0 bridgehead atoms. The molecule has 0 aliphatic rings. The molecule has 3 aromatic rings. The summed E-state index contributed by atoms with van der Waals surface area (Å²) in [5.41, 5.74) is 2.92. The number of carbonyl (C=O) groups is 1. The van der Waals surface area contributed by atoms with Crippen molar-refractivity contribution >= 4 is 5.91 Å². The Morgan fingerprint density at radius 1 is 1.21 bits per heavy atom. The van der Waals surface area contributed by atoms with E-state index in [-0.39, 0.29) is 11.9 Å². The first-order valence-electron chi connectivity index (χ1n) is 9.60. The topological polar surface area (TPSA) is 76.8 Å². The third-order valence-corrected chi connectivity index (χ3v) is 4.92. The summed E-state index contributed by atoms with van der Waals surface area (Å²) in [7, 11) is 1.88. The van der Waals surface area contributed by atoms with E-state index in [9.17, 15) is 4.79 Å². The van der Waals surface area contributed by atoms with E-state index in [0.29, 0.717) is 6.42 Å². The van der Waals surface area contributed by atoms with Crippen LogP contribution in [0.3, 0.4) is 0 Å². The van der Waals surface area contributed by atoms with Gasteiger partial charge in [0.15, 0.2) is 5.82 Å². The average molecular weight is 378 g/mol. The normalized spacial score (nSPS) is 12.0. The molecule has 146 valence electrons. The maximum absolute atomic E-state index is 12.9. The fourth-order valence-corrected chi connectivity index (χ4v) is 3.25. The van der Waals surface area contributed by atoms with E-state index in [1.165, 1.54) is 0 Å². The summed E-state index contributed by atoms with van der Waals surface area (Å²) in [4.78, 5) is 19.0. The Kier molecular flexibility index (Phi) is 6.47. The van der Waals surface area contributed by atoms with Crippen molar-refractivity contribution in [2.45, 2.75) is 45.6 Å². The monoisotopic (exact) mass is 378 g/mol. The summed E-state index contributed by atoms with van der Waals surface area (Å²) in [6, 6.07) is 11.8. The van der Waals surface area contributed by atoms with Gasteiger partial charge in [0, 0.05) is 19.4 Å². The molecule has 2 aromatic heterocycles. The molecular weight excluding hydrogens is 352 g/mol. The van der Waals surface area contributed by atoms with E-state index in [1.807, 2.05) is 61.5 Å². The predicted molar refractivity (Wildman–Crippen MR) is 107 cm³/mol. The zero-order valence-electron chi connectivity index (χ0n) is 16.6. The first-order valence-corrected chi connectivity index (χ1v) is 9.60. The molecule has 7 nitrogen and oxygen atoms in total. The Hall–Kier alpha value is -3.09. The van der Waals surface area contributed by atoms with Gasteiger partial charge < -0.3 is 4.90 Å². The molecule has 3 rings (SSSR count). The van der Waals surface area contributed by atoms with Crippen LogP contribution < -0.4 is 0 Å². The highest BCUT2D eigenvalue weighted by molar-refractivity contribution is 5.79. The van der Waals surface area contributed by atoms with E-state index >= 15 is 0 Å². The van der Waals surface area contributed by atoms with Crippen molar-refractivity contribution in [2.24, 2.45) is 0 Å². The number of rotatable bonds is 8. The summed E-state index contributed by atoms with van der Waals surface area (Å²) in [5.74, 6) is 0.815. The lowest BCUT2D eigenvalue weighted by molar-refractivity contribution is -0.131. The fourth-order valence-electron chi connectivity index (χ4n) is 3.25. The van der Waals surface area contributed by atoms with Gasteiger partial charge >= 0.3 is 0 Å². The Morgan fingerprint density at radius 3 is 2.61 bits per heavy atom. The first kappa shape index (κ1) is 19.7. The Labute approximate surface area is 165 Å². The predicted octanol–water partition coefficient (Wildman–Crippen LogP) is 3.30. The van der Waals surface area contributed by atoms with Crippen molar-refractivity contribution in [2.75, 3.05) is 7.05 Å². The summed E-state index contributed by atoms with van der Waals surface area (Å²) < 4.78 is 1.67. The van der Waals surface area contributed by atoms with E-state index in [1.54, 1.807) is 10.9 Å². The molecular formula is C21H26N6O. The van der Waals surface area contributed by atoms with E-state index in [2.05, 4.69) is 27.4 Å². The molecule has 0 radical (unpaired) electrons. The molecule has 0 spiro atoms. The summed E-state index contributed by atoms with van der Waals surface area (Å²) in [5, 5.41) is 11.5. The molecule has 1 atom stereocenters. The Morgan fingerprint density at radius 2 is 2.00 bits per heavy atom. The number of unbranched alkanes of at least 4 members (excludes halogenated alkanes) is 1. The standard InChI is InChI=1S/C21H26N6O/c1-4-5-8-20(18-7-6-13-22-15-18)26(3)21(28)14-17-9-11-19(12-10-17)27-16(2)23-24-25-27/h6-7,9-13,15,20H,4-5,8,14H2,1-3H3. The summed E-state index contributed by atoms with van der Waals surface area (Å²) in [6.45, 7) is 4.01. The number of nitrogens with zero attached hydrogens (tertiary/aromatic N) is 6. The van der Waals surface area contributed by atoms with E-state index in [0.717, 1.165) is 41.9 Å². The smallest absolute Gasteiger partial charge is 0.227 e. The average Bonchev–Trinajstić information content (AvgIpc) is 3.15. The van der Waals surface area contributed by atoms with Crippen LogP contribution in [0.2, 0.25) is 0 Å². The molecule has 28 heavy (non-hydrogen) atoms. The van der Waals surface area contributed by atoms with Crippen LogP contribution in [0.5, 0.6) is 0 Å². The number of tetrazole rings is 1. The number of hydrogen-bond donors (Lipinski definition) is 0. The van der Waals surface area contributed by atoms with Gasteiger partial charge in [-0.3, -0.25) is 9.78 Å². The van der Waals surface area contributed by atoms with Crippen molar-refractivity contribution in [3.05, 3.63) is 65.7 Å². The zero-order chi connectivity index (χ0) is 19.9. The van der Waals surface area contributed by atoms with Crippen molar-refractivity contribution in [3.63, 3.8) is 0 Å². The van der Waals surface area contributed by atoms with Crippen molar-refractivity contribution in [1.29, 1.82) is 0 Å². The number of aromatic nitrogens is 5. The van der Waals surface area contributed by atoms with E-state index < -0.39 is 0 Å². The van der Waals surface area contributed by atoms with E-state index in [4.69, 9.17) is 0 Å². The van der Waals surface area contributed by atoms with Gasteiger partial charge in [0.05, 0.1) is 18.2 Å². The fraction of sp³-hybridized carbons (Fsp3) is 0.381. The minimum absolute atomic E-state index is 0.0456. The zero-order valence-corrected chi connectivity index (χ0v) is 16.6. The van der Waals surface area contributed by atoms with Gasteiger partial charge in [0.25, 0.3) is 0 Å². The SMILES string of the molecule is CCCCC(c1cccnc1)N(C)C(=O)Cc1ccc(-n2nnnc2C)cc1. The molecule has 0 aliphatic carbocycles. The number of benzene rings is 1. The number of hydrogen-bond acceptors (Lipinski definition) is 5. The largest absolute Gasteiger partial charge is 0.338 e. The molecule has 7 heteroatoms. The third-order valence-electron chi connectivity index (χ3n) is 4.92. The number of aryl methyl sites for hydroxylation is 1. The molecule has 0 aliphatic heterocycles. The number of carbonyl (C=O) groups excluding carboxylic acids is 1. The molecule has 1 aromatic carbocycles. The second-order valence-corrected chi connectivity index (χ2v) is 6.93. The number of pyridine rings is 1. The van der Waals surface area contributed by atoms with Gasteiger partial charge in [-0.15, -0.1) is 5.10 Å². The Balaban J connectivity index is 1.70. The van der Waals surface area contributed by atoms with Crippen LogP contribution in [-0.4, -0.2) is 43.0 Å². The van der Waals surface area contributed by atoms with Crippen molar-refractivity contribution in [1.82, 2.24) is 30.1 Å². The summed E-state index contributed by atoms with van der Waals surface area (Å²) >= 11 is 0. The highest BCUT2D eigenvalue weighted by Crippen LogP contribution is 2.25. The maximum Gasteiger partial charge on any atom is 0.227 e. The lowest BCUT2D eigenvalue weighted by Crippen LogP contribution is -2.32. The molecule has 0 saturated carbocycles. The molecule has 0 fully saturated rings. The highest BCUT2D eigenvalue weighted by atomic mass is 16.2. The first-order chi connectivity index (χ1) is 13.6. The molecule has 1 unspecified atom stereocenters. The molecule has 0 saturated heterocycles. The van der Waals surface area contributed by atoms with Crippen LogP contribution in [0, 0.1) is 6.92 Å². The van der Waals surface area contributed by atoms with Crippen LogP contribution in [0.1, 0.15) is 49.2 Å². The van der Waals surface area contributed by atoms with Gasteiger partial charge in [-0.1, -0.05) is 38.0 Å². The highest BCUT2D eigenvalue weighted by Gasteiger charge is 2.21. The molecule has 1 amide bonds. The second kappa shape index (κ2) is 9.21. The van der Waals surface area contributed by atoms with Gasteiger partial charge in [-0.25, -0.2) is 0 Å².